The maximum atomic E-state index is 12.7. The van der Waals surface area contributed by atoms with Crippen molar-refractivity contribution in [3.8, 4) is 0 Å². The van der Waals surface area contributed by atoms with E-state index in [1.165, 1.54) is 6.92 Å². The summed E-state index contributed by atoms with van der Waals surface area (Å²) in [4.78, 5) is 32.9. The largest absolute Gasteiger partial charge is 0.381 e. The summed E-state index contributed by atoms with van der Waals surface area (Å²) in [6, 6.07) is -0.545. The summed E-state index contributed by atoms with van der Waals surface area (Å²) in [6.45, 7) is 6.36. The number of nitrogens with one attached hydrogen (secondary N) is 2. The highest BCUT2D eigenvalue weighted by Crippen LogP contribution is 2.18. The second-order valence-electron chi connectivity index (χ2n) is 5.96. The average molecular weight is 322 g/mol. The minimum absolute atomic E-state index is 0.0235. The third kappa shape index (κ3) is 5.35. The first-order valence-electron chi connectivity index (χ1n) is 8.21. The van der Waals surface area contributed by atoms with Gasteiger partial charge in [0.25, 0.3) is 0 Å². The zero-order valence-corrected chi connectivity index (χ0v) is 13.9. The molecule has 2 N–H and O–H groups in total. The molecule has 23 heavy (non-hydrogen) atoms. The van der Waals surface area contributed by atoms with Crippen molar-refractivity contribution in [1.29, 1.82) is 0 Å². The monoisotopic (exact) mass is 322 g/mol. The number of rotatable bonds is 7. The lowest BCUT2D eigenvalue weighted by atomic mass is 9.97. The molecular weight excluding hydrogens is 296 g/mol. The van der Waals surface area contributed by atoms with E-state index in [1.807, 2.05) is 11.8 Å². The Morgan fingerprint density at radius 1 is 1.48 bits per heavy atom. The quantitative estimate of drug-likeness (QED) is 0.775. The molecule has 2 rings (SSSR count). The van der Waals surface area contributed by atoms with Crippen molar-refractivity contribution in [3.05, 3.63) is 18.2 Å². The number of carbonyl (C=O) groups is 2. The Morgan fingerprint density at radius 2 is 2.22 bits per heavy atom. The summed E-state index contributed by atoms with van der Waals surface area (Å²) in [7, 11) is 0. The van der Waals surface area contributed by atoms with Gasteiger partial charge in [-0.3, -0.25) is 9.59 Å². The van der Waals surface area contributed by atoms with Crippen LogP contribution in [0.1, 0.15) is 32.4 Å². The molecule has 1 fully saturated rings. The van der Waals surface area contributed by atoms with Gasteiger partial charge in [0.15, 0.2) is 0 Å². The van der Waals surface area contributed by atoms with Gasteiger partial charge in [0.05, 0.1) is 6.33 Å². The minimum atomic E-state index is -0.545. The number of H-pyrrole nitrogens is 1. The molecule has 0 bridgehead atoms. The second kappa shape index (κ2) is 8.67. The smallest absolute Gasteiger partial charge is 0.245 e. The minimum Gasteiger partial charge on any atom is -0.381 e. The Hall–Kier alpha value is -1.89. The molecule has 7 heteroatoms. The van der Waals surface area contributed by atoms with E-state index < -0.39 is 6.04 Å². The van der Waals surface area contributed by atoms with Crippen LogP contribution < -0.4 is 5.32 Å². The van der Waals surface area contributed by atoms with Crippen molar-refractivity contribution in [1.82, 2.24) is 20.2 Å². The summed E-state index contributed by atoms with van der Waals surface area (Å²) < 4.78 is 5.47. The first-order valence-corrected chi connectivity index (χ1v) is 8.21. The fourth-order valence-corrected chi connectivity index (χ4v) is 2.89. The Morgan fingerprint density at radius 3 is 2.78 bits per heavy atom. The molecule has 1 atom stereocenters. The molecule has 1 aliphatic heterocycles. The number of piperidine rings is 1. The van der Waals surface area contributed by atoms with Gasteiger partial charge in [-0.05, 0) is 25.7 Å². The molecule has 0 unspecified atom stereocenters. The van der Waals surface area contributed by atoms with Crippen molar-refractivity contribution in [2.45, 2.75) is 39.2 Å². The maximum absolute atomic E-state index is 12.7. The van der Waals surface area contributed by atoms with Crippen LogP contribution in [0.2, 0.25) is 0 Å². The van der Waals surface area contributed by atoms with Crippen LogP contribution in [0, 0.1) is 5.92 Å². The van der Waals surface area contributed by atoms with E-state index in [1.54, 1.807) is 12.5 Å². The Bertz CT molecular complexity index is 495. The van der Waals surface area contributed by atoms with Crippen LogP contribution in [-0.2, 0) is 20.7 Å². The first-order chi connectivity index (χ1) is 11.1. The number of carbonyl (C=O) groups excluding carboxylic acids is 2. The van der Waals surface area contributed by atoms with Crippen molar-refractivity contribution < 1.29 is 14.3 Å². The highest BCUT2D eigenvalue weighted by molar-refractivity contribution is 5.87. The van der Waals surface area contributed by atoms with Crippen LogP contribution in [0.25, 0.3) is 0 Å². The van der Waals surface area contributed by atoms with Crippen molar-refractivity contribution >= 4 is 11.8 Å². The van der Waals surface area contributed by atoms with E-state index in [0.29, 0.717) is 12.3 Å². The summed E-state index contributed by atoms with van der Waals surface area (Å²) in [5, 5.41) is 2.76. The van der Waals surface area contributed by atoms with Gasteiger partial charge in [0, 0.05) is 51.5 Å². The molecule has 0 aliphatic carbocycles. The zero-order chi connectivity index (χ0) is 16.7. The van der Waals surface area contributed by atoms with Crippen LogP contribution in [0.3, 0.4) is 0 Å². The fraction of sp³-hybridized carbons (Fsp3) is 0.688. The number of hydrogen-bond donors (Lipinski definition) is 2. The third-order valence-corrected chi connectivity index (χ3v) is 4.14. The molecule has 1 aromatic rings. The summed E-state index contributed by atoms with van der Waals surface area (Å²) >= 11 is 0. The fourth-order valence-electron chi connectivity index (χ4n) is 2.89. The molecule has 128 valence electrons. The predicted octanol–water partition coefficient (Wildman–Crippen LogP) is 0.732. The second-order valence-corrected chi connectivity index (χ2v) is 5.96. The molecule has 0 radical (unpaired) electrons. The lowest BCUT2D eigenvalue weighted by molar-refractivity contribution is -0.137. The lowest BCUT2D eigenvalue weighted by Gasteiger charge is -2.34. The van der Waals surface area contributed by atoms with Gasteiger partial charge >= 0.3 is 0 Å². The SMILES string of the molecule is CCOCC1CCN(C(=O)[C@H](Cc2cnc[nH]2)NC(C)=O)CC1. The van der Waals surface area contributed by atoms with Crippen LogP contribution in [-0.4, -0.2) is 59.0 Å². The van der Waals surface area contributed by atoms with E-state index in [9.17, 15) is 9.59 Å². The summed E-state index contributed by atoms with van der Waals surface area (Å²) in [5.41, 5.74) is 0.836. The van der Waals surface area contributed by atoms with Gasteiger partial charge < -0.3 is 19.9 Å². The van der Waals surface area contributed by atoms with E-state index in [0.717, 1.165) is 44.8 Å². The number of imidazole rings is 1. The molecule has 1 aliphatic rings. The highest BCUT2D eigenvalue weighted by atomic mass is 16.5. The third-order valence-electron chi connectivity index (χ3n) is 4.14. The number of aromatic amines is 1. The molecule has 7 nitrogen and oxygen atoms in total. The molecule has 0 aromatic carbocycles. The molecule has 0 spiro atoms. The lowest BCUT2D eigenvalue weighted by Crippen LogP contribution is -2.51. The first kappa shape index (κ1) is 17.5. The Balaban J connectivity index is 1.91. The van der Waals surface area contributed by atoms with E-state index in [2.05, 4.69) is 15.3 Å². The molecule has 2 amide bonds. The van der Waals surface area contributed by atoms with Crippen molar-refractivity contribution in [3.63, 3.8) is 0 Å². The number of nitrogens with zero attached hydrogens (tertiary/aromatic N) is 2. The topological polar surface area (TPSA) is 87.3 Å². The van der Waals surface area contributed by atoms with Crippen LogP contribution >= 0.6 is 0 Å². The number of aromatic nitrogens is 2. The number of hydrogen-bond acceptors (Lipinski definition) is 4. The summed E-state index contributed by atoms with van der Waals surface area (Å²) in [5.74, 6) is 0.296. The number of ether oxygens (including phenoxy) is 1. The van der Waals surface area contributed by atoms with Gasteiger partial charge in [-0.2, -0.15) is 0 Å². The van der Waals surface area contributed by atoms with Crippen LogP contribution in [0.4, 0.5) is 0 Å². The van der Waals surface area contributed by atoms with Gasteiger partial charge in [-0.25, -0.2) is 4.98 Å². The van der Waals surface area contributed by atoms with E-state index in [4.69, 9.17) is 4.74 Å². The van der Waals surface area contributed by atoms with Gasteiger partial charge in [-0.15, -0.1) is 0 Å². The van der Waals surface area contributed by atoms with Crippen LogP contribution in [0.15, 0.2) is 12.5 Å². The molecule has 1 saturated heterocycles. The number of likely N-dealkylation sites (tertiary alicyclic amines) is 1. The predicted molar refractivity (Wildman–Crippen MR) is 85.7 cm³/mol. The Labute approximate surface area is 136 Å². The van der Waals surface area contributed by atoms with Gasteiger partial charge in [0.2, 0.25) is 11.8 Å². The van der Waals surface area contributed by atoms with Crippen LogP contribution in [0.5, 0.6) is 0 Å². The standard InChI is InChI=1S/C16H26N4O3/c1-3-23-10-13-4-6-20(7-5-13)16(22)15(19-12(2)21)8-14-9-17-11-18-14/h9,11,13,15H,3-8,10H2,1-2H3,(H,17,18)(H,19,21)/t15-/m0/s1. The number of amides is 2. The van der Waals surface area contributed by atoms with Gasteiger partial charge in [0.1, 0.15) is 6.04 Å². The summed E-state index contributed by atoms with van der Waals surface area (Å²) in [6.07, 6.45) is 5.57. The normalized spacial score (nSPS) is 17.0. The van der Waals surface area contributed by atoms with E-state index in [-0.39, 0.29) is 11.8 Å². The molecule has 2 heterocycles. The molecule has 0 saturated carbocycles. The Kier molecular flexibility index (Phi) is 6.58. The maximum Gasteiger partial charge on any atom is 0.245 e. The van der Waals surface area contributed by atoms with Crippen molar-refractivity contribution in [2.75, 3.05) is 26.3 Å². The van der Waals surface area contributed by atoms with Gasteiger partial charge in [-0.1, -0.05) is 0 Å². The average Bonchev–Trinajstić information content (AvgIpc) is 3.05. The highest BCUT2D eigenvalue weighted by Gasteiger charge is 2.29. The van der Waals surface area contributed by atoms with Crippen molar-refractivity contribution in [2.24, 2.45) is 5.92 Å². The van der Waals surface area contributed by atoms with E-state index >= 15 is 0 Å². The zero-order valence-electron chi connectivity index (χ0n) is 13.9. The molecule has 1 aromatic heterocycles. The molecular formula is C16H26N4O3.